The molecule has 0 fully saturated rings. The Morgan fingerprint density at radius 1 is 0.340 bits per heavy atom. The van der Waals surface area contributed by atoms with E-state index in [1.165, 1.54) is 21.9 Å². The van der Waals surface area contributed by atoms with Crippen LogP contribution in [0.3, 0.4) is 0 Å². The van der Waals surface area contributed by atoms with Crippen molar-refractivity contribution in [3.8, 4) is 51.0 Å². The fourth-order valence-corrected chi connectivity index (χ4v) is 7.06. The van der Waals surface area contributed by atoms with Crippen molar-refractivity contribution in [2.45, 2.75) is 0 Å². The molecule has 0 amide bonds. The lowest BCUT2D eigenvalue weighted by Crippen LogP contribution is -2.01. The first-order valence-corrected chi connectivity index (χ1v) is 16.7. The minimum absolute atomic E-state index is 0.589. The summed E-state index contributed by atoms with van der Waals surface area (Å²) in [6.45, 7) is 0. The van der Waals surface area contributed by atoms with Crippen molar-refractivity contribution in [3.63, 3.8) is 0 Å². The Labute approximate surface area is 287 Å². The first-order chi connectivity index (χ1) is 24.8. The second-order valence-electron chi connectivity index (χ2n) is 12.5. The molecule has 0 saturated carbocycles. The average Bonchev–Trinajstić information content (AvgIpc) is 3.73. The third kappa shape index (κ3) is 4.67. The van der Waals surface area contributed by atoms with Crippen LogP contribution >= 0.6 is 0 Å². The Balaban J connectivity index is 1.15. The fourth-order valence-electron chi connectivity index (χ4n) is 7.06. The number of hydrogen-bond donors (Lipinski definition) is 0. The highest BCUT2D eigenvalue weighted by Gasteiger charge is 2.17. The number of hydrogen-bond acceptors (Lipinski definition) is 4. The molecule has 50 heavy (non-hydrogen) atoms. The van der Waals surface area contributed by atoms with Crippen molar-refractivity contribution in [3.05, 3.63) is 170 Å². The van der Waals surface area contributed by atoms with Crippen molar-refractivity contribution in [2.75, 3.05) is 0 Å². The van der Waals surface area contributed by atoms with Crippen molar-refractivity contribution in [1.82, 2.24) is 19.5 Å². The number of para-hydroxylation sites is 2. The summed E-state index contributed by atoms with van der Waals surface area (Å²) in [5.41, 5.74) is 10.0. The largest absolute Gasteiger partial charge is 0.456 e. The summed E-state index contributed by atoms with van der Waals surface area (Å²) in [4.78, 5) is 15.1. The van der Waals surface area contributed by atoms with Crippen LogP contribution in [0.5, 0.6) is 0 Å². The van der Waals surface area contributed by atoms with E-state index in [4.69, 9.17) is 19.4 Å². The monoisotopic (exact) mass is 640 g/mol. The molecule has 0 aliphatic carbocycles. The van der Waals surface area contributed by atoms with Crippen molar-refractivity contribution in [2.24, 2.45) is 0 Å². The first-order valence-electron chi connectivity index (χ1n) is 16.7. The van der Waals surface area contributed by atoms with Gasteiger partial charge < -0.3 is 8.98 Å². The van der Waals surface area contributed by atoms with Gasteiger partial charge in [-0.2, -0.15) is 0 Å². The van der Waals surface area contributed by atoms with Crippen LogP contribution in [0.2, 0.25) is 0 Å². The molecule has 0 aliphatic rings. The number of rotatable bonds is 5. The number of nitrogens with zero attached hydrogens (tertiary/aromatic N) is 4. The zero-order chi connectivity index (χ0) is 33.0. The quantitative estimate of drug-likeness (QED) is 0.188. The normalized spacial score (nSPS) is 11.6. The lowest BCUT2D eigenvalue weighted by atomic mass is 10.0. The van der Waals surface area contributed by atoms with Crippen LogP contribution in [0.15, 0.2) is 174 Å². The standard InChI is InChI=1S/C45H28N4O/c1-3-12-29(13-4-1)31-22-24-36-35-18-7-9-20-39(35)49(40(36)27-31)34-17-11-16-32(26-34)44-46-43(30-14-5-2-6-15-30)47-45(48-44)33-23-25-38-37-19-8-10-21-41(37)50-42(38)28-33/h1-28H. The van der Waals surface area contributed by atoms with Crippen LogP contribution in [0.1, 0.15) is 0 Å². The Hall–Kier alpha value is -6.85. The van der Waals surface area contributed by atoms with Gasteiger partial charge in [0.15, 0.2) is 17.5 Å². The summed E-state index contributed by atoms with van der Waals surface area (Å²) >= 11 is 0. The smallest absolute Gasteiger partial charge is 0.164 e. The maximum Gasteiger partial charge on any atom is 0.164 e. The van der Waals surface area contributed by atoms with Crippen LogP contribution < -0.4 is 0 Å². The van der Waals surface area contributed by atoms with E-state index in [0.717, 1.165) is 55.3 Å². The second kappa shape index (κ2) is 11.4. The number of aromatic nitrogens is 4. The van der Waals surface area contributed by atoms with Gasteiger partial charge in [-0.1, -0.05) is 127 Å². The molecule has 0 saturated heterocycles. The molecule has 3 aromatic heterocycles. The predicted molar refractivity (Wildman–Crippen MR) is 203 cm³/mol. The van der Waals surface area contributed by atoms with Crippen LogP contribution in [-0.4, -0.2) is 19.5 Å². The molecule has 5 nitrogen and oxygen atoms in total. The maximum atomic E-state index is 6.23. The van der Waals surface area contributed by atoms with Gasteiger partial charge in [0.1, 0.15) is 11.2 Å². The lowest BCUT2D eigenvalue weighted by Gasteiger charge is -2.12. The SMILES string of the molecule is c1ccc(-c2ccc3c4ccccc4n(-c4cccc(-c5nc(-c6ccccc6)nc(-c6ccc7c(c6)oc6ccccc67)n5)c4)c3c2)cc1. The molecule has 10 rings (SSSR count). The van der Waals surface area contributed by atoms with E-state index >= 15 is 0 Å². The molecule has 3 heterocycles. The van der Waals surface area contributed by atoms with Gasteiger partial charge in [-0.3, -0.25) is 0 Å². The Kier molecular flexibility index (Phi) is 6.42. The molecule has 5 heteroatoms. The van der Waals surface area contributed by atoms with Crippen LogP contribution in [-0.2, 0) is 0 Å². The van der Waals surface area contributed by atoms with Crippen LogP contribution in [0, 0.1) is 0 Å². The molecule has 0 spiro atoms. The fraction of sp³-hybridized carbons (Fsp3) is 0. The molecule has 0 bridgehead atoms. The summed E-state index contributed by atoms with van der Waals surface area (Å²) in [5, 5.41) is 4.58. The van der Waals surface area contributed by atoms with Crippen molar-refractivity contribution in [1.29, 1.82) is 0 Å². The third-order valence-corrected chi connectivity index (χ3v) is 9.45. The van der Waals surface area contributed by atoms with Gasteiger partial charge in [0, 0.05) is 43.9 Å². The van der Waals surface area contributed by atoms with E-state index in [1.54, 1.807) is 0 Å². The average molecular weight is 641 g/mol. The molecule has 7 aromatic carbocycles. The zero-order valence-electron chi connectivity index (χ0n) is 26.9. The highest BCUT2D eigenvalue weighted by atomic mass is 16.3. The molecule has 0 aliphatic heterocycles. The van der Waals surface area contributed by atoms with Gasteiger partial charge in [0.05, 0.1) is 11.0 Å². The number of furan rings is 1. The van der Waals surface area contributed by atoms with Gasteiger partial charge in [-0.25, -0.2) is 15.0 Å². The highest BCUT2D eigenvalue weighted by molar-refractivity contribution is 6.10. The van der Waals surface area contributed by atoms with E-state index in [9.17, 15) is 0 Å². The lowest BCUT2D eigenvalue weighted by molar-refractivity contribution is 0.669. The summed E-state index contributed by atoms with van der Waals surface area (Å²) in [5.74, 6) is 1.81. The Morgan fingerprint density at radius 2 is 0.900 bits per heavy atom. The summed E-state index contributed by atoms with van der Waals surface area (Å²) < 4.78 is 8.58. The van der Waals surface area contributed by atoms with Crippen molar-refractivity contribution < 1.29 is 4.42 Å². The van der Waals surface area contributed by atoms with Gasteiger partial charge in [0.2, 0.25) is 0 Å². The molecule has 10 aromatic rings. The zero-order valence-corrected chi connectivity index (χ0v) is 26.9. The Morgan fingerprint density at radius 3 is 1.70 bits per heavy atom. The summed E-state index contributed by atoms with van der Waals surface area (Å²) in [6, 6.07) is 58.7. The number of fused-ring (bicyclic) bond motifs is 6. The van der Waals surface area contributed by atoms with Crippen LogP contribution in [0.25, 0.3) is 94.7 Å². The van der Waals surface area contributed by atoms with E-state index in [0.29, 0.717) is 17.5 Å². The van der Waals surface area contributed by atoms with E-state index in [-0.39, 0.29) is 0 Å². The van der Waals surface area contributed by atoms with E-state index in [2.05, 4.69) is 120 Å². The summed E-state index contributed by atoms with van der Waals surface area (Å²) in [7, 11) is 0. The maximum absolute atomic E-state index is 6.23. The van der Waals surface area contributed by atoms with E-state index < -0.39 is 0 Å². The van der Waals surface area contributed by atoms with Gasteiger partial charge in [0.25, 0.3) is 0 Å². The van der Waals surface area contributed by atoms with Crippen molar-refractivity contribution >= 4 is 43.7 Å². The molecule has 0 unspecified atom stereocenters. The molecular weight excluding hydrogens is 613 g/mol. The molecule has 0 atom stereocenters. The minimum Gasteiger partial charge on any atom is -0.456 e. The molecular formula is C45H28N4O. The van der Waals surface area contributed by atoms with Gasteiger partial charge >= 0.3 is 0 Å². The highest BCUT2D eigenvalue weighted by Crippen LogP contribution is 2.36. The van der Waals surface area contributed by atoms with Gasteiger partial charge in [-0.05, 0) is 53.6 Å². The summed E-state index contributed by atoms with van der Waals surface area (Å²) in [6.07, 6.45) is 0. The van der Waals surface area contributed by atoms with E-state index in [1.807, 2.05) is 54.6 Å². The first kappa shape index (κ1) is 28.2. The molecule has 0 N–H and O–H groups in total. The predicted octanol–water partition coefficient (Wildman–Crippen LogP) is 11.5. The van der Waals surface area contributed by atoms with Crippen LogP contribution in [0.4, 0.5) is 0 Å². The second-order valence-corrected chi connectivity index (χ2v) is 12.5. The molecule has 0 radical (unpaired) electrons. The third-order valence-electron chi connectivity index (χ3n) is 9.45. The number of benzene rings is 7. The Bertz CT molecular complexity index is 2870. The molecule has 234 valence electrons. The van der Waals surface area contributed by atoms with Gasteiger partial charge in [-0.15, -0.1) is 0 Å². The minimum atomic E-state index is 0.589. The topological polar surface area (TPSA) is 56.7 Å².